The molecule has 17 heteroatoms. The number of amides is 1. The highest BCUT2D eigenvalue weighted by molar-refractivity contribution is 6.31. The fourth-order valence-corrected chi connectivity index (χ4v) is 7.43. The SMILES string of the molecule is COC(=O)[C@H]1O[C@@H](Oc2ccc(Cl)cc2N(C)C(=O)n2ccc3c(-c4cnn([C@H](CC#N)C5CCCC5)c4)ncnc32)[C@H](OC(C)=O)[C@@H](OC(C)=O)[C@@H]1C. The molecule has 1 saturated carbocycles. The Morgan fingerprint density at radius 2 is 1.81 bits per heavy atom. The van der Waals surface area contributed by atoms with Gasteiger partial charge in [0.1, 0.15) is 12.1 Å². The van der Waals surface area contributed by atoms with Crippen molar-refractivity contribution in [3.63, 3.8) is 0 Å². The first-order valence-corrected chi connectivity index (χ1v) is 17.8. The normalized spacial score (nSPS) is 21.9. The predicted molar refractivity (Wildman–Crippen MR) is 192 cm³/mol. The number of rotatable bonds is 10. The Balaban J connectivity index is 1.31. The molecule has 6 atom stereocenters. The molecule has 1 aliphatic carbocycles. The van der Waals surface area contributed by atoms with Crippen LogP contribution in [0, 0.1) is 23.2 Å². The van der Waals surface area contributed by atoms with Crippen LogP contribution in [0.3, 0.4) is 0 Å². The van der Waals surface area contributed by atoms with Gasteiger partial charge >= 0.3 is 23.9 Å². The molecule has 3 aromatic heterocycles. The lowest BCUT2D eigenvalue weighted by Gasteiger charge is -2.43. The minimum atomic E-state index is -1.49. The topological polar surface area (TPSA) is 190 Å². The molecular formula is C37H40ClN7O9. The van der Waals surface area contributed by atoms with Crippen molar-refractivity contribution in [1.29, 1.82) is 5.26 Å². The van der Waals surface area contributed by atoms with Crippen molar-refractivity contribution in [2.24, 2.45) is 11.8 Å². The van der Waals surface area contributed by atoms with Crippen molar-refractivity contribution in [2.45, 2.75) is 83.5 Å². The summed E-state index contributed by atoms with van der Waals surface area (Å²) in [6.07, 6.45) is 6.04. The van der Waals surface area contributed by atoms with Crippen LogP contribution in [-0.4, -0.2) is 87.0 Å². The number of anilines is 1. The number of esters is 3. The highest BCUT2D eigenvalue weighted by Crippen LogP contribution is 2.39. The van der Waals surface area contributed by atoms with E-state index >= 15 is 0 Å². The number of hydrogen-bond acceptors (Lipinski definition) is 13. The predicted octanol–water partition coefficient (Wildman–Crippen LogP) is 5.47. The quantitative estimate of drug-likeness (QED) is 0.146. The average molecular weight is 762 g/mol. The zero-order valence-corrected chi connectivity index (χ0v) is 31.1. The highest BCUT2D eigenvalue weighted by atomic mass is 35.5. The summed E-state index contributed by atoms with van der Waals surface area (Å²) in [4.78, 5) is 61.5. The maximum absolute atomic E-state index is 14.2. The van der Waals surface area contributed by atoms with Gasteiger partial charge in [-0.2, -0.15) is 10.4 Å². The Hall–Kier alpha value is -5.53. The number of fused-ring (bicyclic) bond motifs is 1. The van der Waals surface area contributed by atoms with E-state index in [1.54, 1.807) is 25.4 Å². The molecule has 4 heterocycles. The van der Waals surface area contributed by atoms with Gasteiger partial charge in [0, 0.05) is 55.2 Å². The van der Waals surface area contributed by atoms with Crippen molar-refractivity contribution in [2.75, 3.05) is 19.1 Å². The number of halogens is 1. The molecule has 16 nitrogen and oxygen atoms in total. The third-order valence-corrected chi connectivity index (χ3v) is 10.1. The van der Waals surface area contributed by atoms with Crippen LogP contribution in [0.4, 0.5) is 10.5 Å². The lowest BCUT2D eigenvalue weighted by atomic mass is 9.90. The number of carbonyl (C=O) groups is 4. The van der Waals surface area contributed by atoms with Crippen LogP contribution >= 0.6 is 11.6 Å². The summed E-state index contributed by atoms with van der Waals surface area (Å²) < 4.78 is 31.4. The third-order valence-electron chi connectivity index (χ3n) is 9.87. The number of methoxy groups -OCH3 is 1. The van der Waals surface area contributed by atoms with Crippen LogP contribution in [0.2, 0.25) is 5.02 Å². The van der Waals surface area contributed by atoms with Crippen molar-refractivity contribution in [3.05, 3.63) is 54.2 Å². The van der Waals surface area contributed by atoms with E-state index in [4.69, 9.17) is 35.3 Å². The summed E-state index contributed by atoms with van der Waals surface area (Å²) in [5.74, 6) is -2.52. The van der Waals surface area contributed by atoms with Gasteiger partial charge in [0.25, 0.3) is 0 Å². The zero-order chi connectivity index (χ0) is 38.7. The van der Waals surface area contributed by atoms with E-state index in [2.05, 4.69) is 21.1 Å². The second-order valence-corrected chi connectivity index (χ2v) is 13.8. The van der Waals surface area contributed by atoms with Gasteiger partial charge in [-0.05, 0) is 43.0 Å². The second kappa shape index (κ2) is 16.2. The number of hydrogen-bond donors (Lipinski definition) is 0. The molecule has 0 bridgehead atoms. The Morgan fingerprint density at radius 3 is 2.50 bits per heavy atom. The van der Waals surface area contributed by atoms with Gasteiger partial charge in [-0.15, -0.1) is 0 Å². The molecule has 1 aromatic carbocycles. The fraction of sp³-hybridized carbons (Fsp3) is 0.459. The lowest BCUT2D eigenvalue weighted by Crippen LogP contribution is -2.60. The Bertz CT molecular complexity index is 2090. The number of nitrogens with zero attached hydrogens (tertiary/aromatic N) is 7. The van der Waals surface area contributed by atoms with Gasteiger partial charge < -0.3 is 23.7 Å². The van der Waals surface area contributed by atoms with Crippen LogP contribution in [0.15, 0.2) is 49.2 Å². The van der Waals surface area contributed by atoms with Crippen LogP contribution in [0.25, 0.3) is 22.3 Å². The molecule has 1 saturated heterocycles. The summed E-state index contributed by atoms with van der Waals surface area (Å²) >= 11 is 6.42. The number of aromatic nitrogens is 5. The Labute approximate surface area is 315 Å². The average Bonchev–Trinajstić information content (AvgIpc) is 3.94. The largest absolute Gasteiger partial charge is 0.467 e. The first kappa shape index (κ1) is 38.2. The molecule has 0 radical (unpaired) electrons. The summed E-state index contributed by atoms with van der Waals surface area (Å²) in [5.41, 5.74) is 1.79. The van der Waals surface area contributed by atoms with Crippen molar-refractivity contribution >= 4 is 52.3 Å². The van der Waals surface area contributed by atoms with Gasteiger partial charge in [-0.3, -0.25) is 23.7 Å². The fourth-order valence-electron chi connectivity index (χ4n) is 7.27. The van der Waals surface area contributed by atoms with Crippen LogP contribution < -0.4 is 9.64 Å². The highest BCUT2D eigenvalue weighted by Gasteiger charge is 2.52. The molecule has 284 valence electrons. The van der Waals surface area contributed by atoms with Crippen molar-refractivity contribution in [1.82, 2.24) is 24.3 Å². The summed E-state index contributed by atoms with van der Waals surface area (Å²) in [7, 11) is 2.68. The molecule has 1 aliphatic heterocycles. The first-order valence-electron chi connectivity index (χ1n) is 17.5. The molecule has 2 fully saturated rings. The van der Waals surface area contributed by atoms with Gasteiger partial charge in [0.15, 0.2) is 17.9 Å². The monoisotopic (exact) mass is 761 g/mol. The minimum absolute atomic E-state index is 0.0388. The van der Waals surface area contributed by atoms with E-state index in [-0.39, 0.29) is 22.5 Å². The van der Waals surface area contributed by atoms with Gasteiger partial charge in [0.2, 0.25) is 12.4 Å². The molecule has 54 heavy (non-hydrogen) atoms. The second-order valence-electron chi connectivity index (χ2n) is 13.4. The Morgan fingerprint density at radius 1 is 1.09 bits per heavy atom. The number of ether oxygens (including phenoxy) is 5. The zero-order valence-electron chi connectivity index (χ0n) is 30.4. The maximum Gasteiger partial charge on any atom is 0.335 e. The van der Waals surface area contributed by atoms with Gasteiger partial charge in [-0.25, -0.2) is 19.6 Å². The molecule has 4 aromatic rings. The molecule has 0 spiro atoms. The number of nitriles is 1. The maximum atomic E-state index is 14.2. The van der Waals surface area contributed by atoms with Gasteiger partial charge in [-0.1, -0.05) is 31.4 Å². The molecule has 6 rings (SSSR count). The number of benzene rings is 1. The molecule has 1 amide bonds. The molecule has 2 aliphatic rings. The summed E-state index contributed by atoms with van der Waals surface area (Å²) in [6.45, 7) is 3.94. The molecule has 0 N–H and O–H groups in total. The molecule has 0 unspecified atom stereocenters. The van der Waals surface area contributed by atoms with Crippen LogP contribution in [0.1, 0.15) is 58.9 Å². The molecular weight excluding hydrogens is 722 g/mol. The van der Waals surface area contributed by atoms with E-state index in [1.807, 2.05) is 10.9 Å². The smallest absolute Gasteiger partial charge is 0.335 e. The third kappa shape index (κ3) is 7.73. The Kier molecular flexibility index (Phi) is 11.5. The van der Waals surface area contributed by atoms with Crippen molar-refractivity contribution in [3.8, 4) is 23.1 Å². The van der Waals surface area contributed by atoms with Crippen LogP contribution in [0.5, 0.6) is 5.75 Å². The van der Waals surface area contributed by atoms with Gasteiger partial charge in [0.05, 0.1) is 43.2 Å². The van der Waals surface area contributed by atoms with E-state index in [0.29, 0.717) is 34.6 Å². The van der Waals surface area contributed by atoms with E-state index < -0.39 is 54.5 Å². The first-order chi connectivity index (χ1) is 25.9. The van der Waals surface area contributed by atoms with E-state index in [1.165, 1.54) is 62.0 Å². The van der Waals surface area contributed by atoms with Crippen molar-refractivity contribution < 1.29 is 42.9 Å². The lowest BCUT2D eigenvalue weighted by molar-refractivity contribution is -0.266. The number of carbonyl (C=O) groups excluding carboxylic acids is 4. The van der Waals surface area contributed by atoms with E-state index in [0.717, 1.165) is 25.7 Å². The summed E-state index contributed by atoms with van der Waals surface area (Å²) in [6, 6.07) is 7.95. The van der Waals surface area contributed by atoms with E-state index in [9.17, 15) is 24.4 Å². The van der Waals surface area contributed by atoms with Crippen LogP contribution in [-0.2, 0) is 33.3 Å². The summed E-state index contributed by atoms with van der Waals surface area (Å²) in [5, 5.41) is 15.0. The minimum Gasteiger partial charge on any atom is -0.467 e. The standard InChI is InChI=1S/C37H40ClN7O9/c1-20-31(51-21(2)46)33(52-22(3)47)36(54-32(20)35(48)50-5)53-29-11-10-25(38)16-28(29)43(4)37(49)44-15-13-26-30(40-19-41-34(26)44)24-17-42-45(18-24)27(12-14-39)23-8-6-7-9-23/h10-11,13,15-20,23,27,31-33,36H,6-9,12H2,1-5H3/t20-,27+,31-,32-,33+,36+/m0/s1.